The smallest absolute Gasteiger partial charge is 0.138 e. The van der Waals surface area contributed by atoms with Crippen molar-refractivity contribution in [1.29, 1.82) is 0 Å². The van der Waals surface area contributed by atoms with Gasteiger partial charge in [-0.2, -0.15) is 8.75 Å². The molecule has 1 atom stereocenters. The number of hydrogen-bond acceptors (Lipinski definition) is 5. The van der Waals surface area contributed by atoms with Gasteiger partial charge in [-0.25, -0.2) is 0 Å². The zero-order valence-corrected chi connectivity index (χ0v) is 14.2. The maximum Gasteiger partial charge on any atom is 0.138 e. The summed E-state index contributed by atoms with van der Waals surface area (Å²) in [6, 6.07) is 0.400. The van der Waals surface area contributed by atoms with Gasteiger partial charge in [-0.1, -0.05) is 38.7 Å². The molecule has 2 rings (SSSR count). The summed E-state index contributed by atoms with van der Waals surface area (Å²) in [5, 5.41) is 4.63. The van der Waals surface area contributed by atoms with E-state index >= 15 is 0 Å². The van der Waals surface area contributed by atoms with Crippen LogP contribution < -0.4 is 5.32 Å². The minimum absolute atomic E-state index is 0.400. The van der Waals surface area contributed by atoms with Crippen LogP contribution in [0.5, 0.6) is 0 Å². The van der Waals surface area contributed by atoms with Gasteiger partial charge in [-0.15, -0.1) is 11.8 Å². The first-order chi connectivity index (χ1) is 9.83. The molecule has 1 N–H and O–H groups in total. The molecule has 1 aromatic heterocycles. The van der Waals surface area contributed by atoms with Crippen LogP contribution in [0, 0.1) is 0 Å². The Morgan fingerprint density at radius 3 is 2.95 bits per heavy atom. The van der Waals surface area contributed by atoms with E-state index in [-0.39, 0.29) is 0 Å². The molecule has 0 bridgehead atoms. The van der Waals surface area contributed by atoms with Crippen LogP contribution in [0.1, 0.15) is 58.1 Å². The summed E-state index contributed by atoms with van der Waals surface area (Å²) in [7, 11) is 0. The highest BCUT2D eigenvalue weighted by atomic mass is 32.2. The van der Waals surface area contributed by atoms with Gasteiger partial charge >= 0.3 is 0 Å². The highest BCUT2D eigenvalue weighted by molar-refractivity contribution is 7.99. The summed E-state index contributed by atoms with van der Waals surface area (Å²) in [6.45, 7) is 5.54. The molecule has 0 radical (unpaired) electrons. The molecule has 1 aromatic rings. The Labute approximate surface area is 131 Å². The van der Waals surface area contributed by atoms with Gasteiger partial charge in [0.05, 0.1) is 11.7 Å². The van der Waals surface area contributed by atoms with Crippen molar-refractivity contribution in [1.82, 2.24) is 14.1 Å². The second-order valence-electron chi connectivity index (χ2n) is 5.30. The number of nitrogens with zero attached hydrogens (tertiary/aromatic N) is 2. The average Bonchev–Trinajstić information content (AvgIpc) is 2.91. The van der Waals surface area contributed by atoms with Crippen molar-refractivity contribution in [2.45, 2.75) is 63.4 Å². The van der Waals surface area contributed by atoms with Gasteiger partial charge < -0.3 is 5.32 Å². The number of unbranched alkanes of at least 4 members (excludes halogenated alkanes) is 4. The first kappa shape index (κ1) is 16.0. The predicted molar refractivity (Wildman–Crippen MR) is 89.5 cm³/mol. The lowest BCUT2D eigenvalue weighted by Crippen LogP contribution is -2.31. The fourth-order valence-electron chi connectivity index (χ4n) is 2.44. The summed E-state index contributed by atoms with van der Waals surface area (Å²) in [5.41, 5.74) is 2.45. The molecule has 0 saturated heterocycles. The molecule has 0 saturated carbocycles. The van der Waals surface area contributed by atoms with E-state index in [4.69, 9.17) is 0 Å². The Hall–Kier alpha value is -0.390. The second kappa shape index (κ2) is 8.80. The number of aromatic nitrogens is 2. The normalized spacial score (nSPS) is 19.1. The van der Waals surface area contributed by atoms with Crippen LogP contribution in [0.25, 0.3) is 5.57 Å². The lowest BCUT2D eigenvalue weighted by molar-refractivity contribution is 0.624. The molecule has 1 aliphatic heterocycles. The molecule has 112 valence electrons. The summed E-state index contributed by atoms with van der Waals surface area (Å²) in [4.78, 5) is 0. The lowest BCUT2D eigenvalue weighted by Gasteiger charge is -2.21. The van der Waals surface area contributed by atoms with Crippen LogP contribution in [-0.2, 0) is 0 Å². The van der Waals surface area contributed by atoms with Crippen molar-refractivity contribution in [3.05, 3.63) is 11.8 Å². The molecule has 3 nitrogen and oxygen atoms in total. The Kier molecular flexibility index (Phi) is 7.03. The topological polar surface area (TPSA) is 37.8 Å². The van der Waals surface area contributed by atoms with Gasteiger partial charge in [0, 0.05) is 6.04 Å². The zero-order valence-electron chi connectivity index (χ0n) is 12.5. The number of hydrogen-bond donors (Lipinski definition) is 1. The SMILES string of the molecule is CCCCCCCSc1nsnc1C1=CCCNC1C. The van der Waals surface area contributed by atoms with Gasteiger partial charge in [0.1, 0.15) is 10.7 Å². The summed E-state index contributed by atoms with van der Waals surface area (Å²) < 4.78 is 9.00. The van der Waals surface area contributed by atoms with E-state index in [1.54, 1.807) is 0 Å². The maximum absolute atomic E-state index is 4.52. The molecule has 0 spiro atoms. The molecular formula is C15H25N3S2. The molecule has 5 heteroatoms. The quantitative estimate of drug-likeness (QED) is 0.571. The molecule has 1 unspecified atom stereocenters. The predicted octanol–water partition coefficient (Wildman–Crippen LogP) is 4.37. The molecule has 1 aliphatic rings. The fraction of sp³-hybridized carbons (Fsp3) is 0.733. The highest BCUT2D eigenvalue weighted by Gasteiger charge is 2.20. The van der Waals surface area contributed by atoms with Gasteiger partial charge in [-0.05, 0) is 37.6 Å². The molecule has 2 heterocycles. The average molecular weight is 312 g/mol. The minimum atomic E-state index is 0.400. The van der Waals surface area contributed by atoms with Crippen LogP contribution in [0.3, 0.4) is 0 Å². The van der Waals surface area contributed by atoms with E-state index in [0.29, 0.717) is 6.04 Å². The molecule has 0 amide bonds. The van der Waals surface area contributed by atoms with E-state index in [1.807, 2.05) is 11.8 Å². The van der Waals surface area contributed by atoms with E-state index in [1.165, 1.54) is 49.4 Å². The van der Waals surface area contributed by atoms with Crippen molar-refractivity contribution >= 4 is 29.1 Å². The zero-order chi connectivity index (χ0) is 14.2. The van der Waals surface area contributed by atoms with Crippen LogP contribution in [0.4, 0.5) is 0 Å². The van der Waals surface area contributed by atoms with Gasteiger partial charge in [0.2, 0.25) is 0 Å². The third-order valence-electron chi connectivity index (χ3n) is 3.64. The van der Waals surface area contributed by atoms with Crippen molar-refractivity contribution in [3.63, 3.8) is 0 Å². The van der Waals surface area contributed by atoms with Crippen molar-refractivity contribution in [2.24, 2.45) is 0 Å². The minimum Gasteiger partial charge on any atom is -0.310 e. The van der Waals surface area contributed by atoms with Crippen LogP contribution in [-0.4, -0.2) is 27.1 Å². The first-order valence-corrected chi connectivity index (χ1v) is 9.43. The van der Waals surface area contributed by atoms with Crippen molar-refractivity contribution in [2.75, 3.05) is 12.3 Å². The highest BCUT2D eigenvalue weighted by Crippen LogP contribution is 2.30. The number of thioether (sulfide) groups is 1. The van der Waals surface area contributed by atoms with Crippen LogP contribution >= 0.6 is 23.5 Å². The van der Waals surface area contributed by atoms with Crippen molar-refractivity contribution < 1.29 is 0 Å². The summed E-state index contributed by atoms with van der Waals surface area (Å²) in [5.74, 6) is 1.16. The Morgan fingerprint density at radius 2 is 2.15 bits per heavy atom. The largest absolute Gasteiger partial charge is 0.310 e. The number of nitrogens with one attached hydrogen (secondary N) is 1. The van der Waals surface area contributed by atoms with E-state index < -0.39 is 0 Å². The molecule has 20 heavy (non-hydrogen) atoms. The molecule has 0 aliphatic carbocycles. The molecular weight excluding hydrogens is 286 g/mol. The summed E-state index contributed by atoms with van der Waals surface area (Å²) in [6.07, 6.45) is 10.1. The Morgan fingerprint density at radius 1 is 1.30 bits per heavy atom. The van der Waals surface area contributed by atoms with Crippen molar-refractivity contribution in [3.8, 4) is 0 Å². The Bertz CT molecular complexity index is 429. The second-order valence-corrected chi connectivity index (χ2v) is 6.92. The third-order valence-corrected chi connectivity index (χ3v) is 5.34. The fourth-order valence-corrected chi connectivity index (χ4v) is 4.13. The lowest BCUT2D eigenvalue weighted by atomic mass is 10.0. The summed E-state index contributed by atoms with van der Waals surface area (Å²) >= 11 is 3.22. The van der Waals surface area contributed by atoms with Gasteiger partial charge in [-0.3, -0.25) is 0 Å². The third kappa shape index (κ3) is 4.57. The first-order valence-electron chi connectivity index (χ1n) is 7.72. The van der Waals surface area contributed by atoms with Gasteiger partial charge in [0.25, 0.3) is 0 Å². The van der Waals surface area contributed by atoms with Crippen LogP contribution in [0.2, 0.25) is 0 Å². The van der Waals surface area contributed by atoms with E-state index in [0.717, 1.165) is 29.4 Å². The van der Waals surface area contributed by atoms with E-state index in [2.05, 4.69) is 34.0 Å². The van der Waals surface area contributed by atoms with Crippen LogP contribution in [0.15, 0.2) is 11.1 Å². The standard InChI is InChI=1S/C15H25N3S2/c1-3-4-5-6-7-11-19-15-14(17-20-18-15)13-9-8-10-16-12(13)2/h9,12,16H,3-8,10-11H2,1-2H3. The van der Waals surface area contributed by atoms with Gasteiger partial charge in [0.15, 0.2) is 0 Å². The Balaban J connectivity index is 1.84. The number of rotatable bonds is 8. The van der Waals surface area contributed by atoms with E-state index in [9.17, 15) is 0 Å². The monoisotopic (exact) mass is 311 g/mol. The maximum atomic E-state index is 4.52. The molecule has 0 aromatic carbocycles. The molecule has 0 fully saturated rings.